The van der Waals surface area contributed by atoms with Gasteiger partial charge in [0.1, 0.15) is 0 Å². The molecule has 1 aliphatic carbocycles. The molecule has 1 nitrogen and oxygen atoms in total. The van der Waals surface area contributed by atoms with Crippen LogP contribution in [0.4, 0.5) is 0 Å². The van der Waals surface area contributed by atoms with E-state index in [9.17, 15) is 0 Å². The van der Waals surface area contributed by atoms with Gasteiger partial charge in [0.15, 0.2) is 0 Å². The van der Waals surface area contributed by atoms with E-state index in [0.717, 1.165) is 30.3 Å². The average Bonchev–Trinajstić information content (AvgIpc) is 2.19. The Bertz CT molecular complexity index is 155. The van der Waals surface area contributed by atoms with Crippen LogP contribution in [0.1, 0.15) is 53.4 Å². The second-order valence-corrected chi connectivity index (χ2v) is 5.10. The lowest BCUT2D eigenvalue weighted by Crippen LogP contribution is -2.39. The van der Waals surface area contributed by atoms with E-state index in [1.807, 2.05) is 0 Å². The van der Waals surface area contributed by atoms with Crippen LogP contribution >= 0.6 is 0 Å². The summed E-state index contributed by atoms with van der Waals surface area (Å²) < 4.78 is 0. The van der Waals surface area contributed by atoms with Gasteiger partial charge in [0.25, 0.3) is 0 Å². The second kappa shape index (κ2) is 5.75. The Morgan fingerprint density at radius 2 is 1.86 bits per heavy atom. The second-order valence-electron chi connectivity index (χ2n) is 5.10. The summed E-state index contributed by atoms with van der Waals surface area (Å²) in [6, 6.07) is 0.773. The maximum atomic E-state index is 3.64. The molecule has 4 unspecified atom stereocenters. The quantitative estimate of drug-likeness (QED) is 0.728. The molecule has 1 fully saturated rings. The average molecular weight is 197 g/mol. The van der Waals surface area contributed by atoms with E-state index in [1.54, 1.807) is 0 Å². The van der Waals surface area contributed by atoms with Gasteiger partial charge in [-0.3, -0.25) is 0 Å². The van der Waals surface area contributed by atoms with Crippen molar-refractivity contribution in [3.05, 3.63) is 0 Å². The summed E-state index contributed by atoms with van der Waals surface area (Å²) in [5.41, 5.74) is 0. The van der Waals surface area contributed by atoms with E-state index >= 15 is 0 Å². The molecule has 0 aromatic rings. The Morgan fingerprint density at radius 1 is 1.14 bits per heavy atom. The molecule has 0 heterocycles. The first-order valence-corrected chi connectivity index (χ1v) is 6.42. The zero-order chi connectivity index (χ0) is 10.6. The molecule has 1 N–H and O–H groups in total. The summed E-state index contributed by atoms with van der Waals surface area (Å²) in [6.45, 7) is 10.5. The van der Waals surface area contributed by atoms with Crippen molar-refractivity contribution in [2.45, 2.75) is 59.4 Å². The fourth-order valence-corrected chi connectivity index (χ4v) is 2.86. The topological polar surface area (TPSA) is 12.0 Å². The standard InChI is InChI=1S/C13H27N/c1-5-13(14-6-2)12-8-7-10(3)11(4)9-12/h10-14H,5-9H2,1-4H3. The molecule has 0 saturated heterocycles. The first-order chi connectivity index (χ1) is 6.69. The van der Waals surface area contributed by atoms with E-state index in [0.29, 0.717) is 0 Å². The van der Waals surface area contributed by atoms with Crippen LogP contribution in [0, 0.1) is 17.8 Å². The fraction of sp³-hybridized carbons (Fsp3) is 1.00. The highest BCUT2D eigenvalue weighted by Crippen LogP contribution is 2.35. The first-order valence-electron chi connectivity index (χ1n) is 6.42. The first kappa shape index (κ1) is 12.0. The van der Waals surface area contributed by atoms with Crippen molar-refractivity contribution in [2.75, 3.05) is 6.54 Å². The van der Waals surface area contributed by atoms with Gasteiger partial charge in [-0.2, -0.15) is 0 Å². The Labute approximate surface area is 89.7 Å². The summed E-state index contributed by atoms with van der Waals surface area (Å²) in [5.74, 6) is 2.82. The Hall–Kier alpha value is -0.0400. The van der Waals surface area contributed by atoms with Crippen molar-refractivity contribution < 1.29 is 0 Å². The predicted molar refractivity (Wildman–Crippen MR) is 63.4 cm³/mol. The molecule has 0 spiro atoms. The van der Waals surface area contributed by atoms with Crippen LogP contribution in [0.15, 0.2) is 0 Å². The third kappa shape index (κ3) is 2.98. The van der Waals surface area contributed by atoms with E-state index in [2.05, 4.69) is 33.0 Å². The van der Waals surface area contributed by atoms with Gasteiger partial charge in [-0.1, -0.05) is 34.1 Å². The van der Waals surface area contributed by atoms with Gasteiger partial charge < -0.3 is 5.32 Å². The largest absolute Gasteiger partial charge is 0.314 e. The SMILES string of the molecule is CCNC(CC)C1CCC(C)C(C)C1. The van der Waals surface area contributed by atoms with Gasteiger partial charge >= 0.3 is 0 Å². The maximum absolute atomic E-state index is 3.64. The monoisotopic (exact) mass is 197 g/mol. The zero-order valence-electron chi connectivity index (χ0n) is 10.3. The molecular weight excluding hydrogens is 170 g/mol. The molecule has 1 heteroatoms. The van der Waals surface area contributed by atoms with Gasteiger partial charge in [-0.25, -0.2) is 0 Å². The van der Waals surface area contributed by atoms with Crippen LogP contribution in [-0.4, -0.2) is 12.6 Å². The van der Waals surface area contributed by atoms with E-state index in [4.69, 9.17) is 0 Å². The highest BCUT2D eigenvalue weighted by atomic mass is 14.9. The minimum Gasteiger partial charge on any atom is -0.314 e. The molecule has 84 valence electrons. The number of hydrogen-bond acceptors (Lipinski definition) is 1. The van der Waals surface area contributed by atoms with Crippen molar-refractivity contribution in [3.8, 4) is 0 Å². The lowest BCUT2D eigenvalue weighted by Gasteiger charge is -2.36. The lowest BCUT2D eigenvalue weighted by atomic mass is 9.73. The van der Waals surface area contributed by atoms with Crippen LogP contribution in [0.5, 0.6) is 0 Å². The van der Waals surface area contributed by atoms with Crippen molar-refractivity contribution in [1.82, 2.24) is 5.32 Å². The van der Waals surface area contributed by atoms with Crippen LogP contribution in [-0.2, 0) is 0 Å². The van der Waals surface area contributed by atoms with Crippen molar-refractivity contribution in [3.63, 3.8) is 0 Å². The molecule has 4 atom stereocenters. The van der Waals surface area contributed by atoms with E-state index in [-0.39, 0.29) is 0 Å². The summed E-state index contributed by atoms with van der Waals surface area (Å²) in [5, 5.41) is 3.64. The molecule has 0 aromatic heterocycles. The molecule has 1 saturated carbocycles. The van der Waals surface area contributed by atoms with Crippen LogP contribution in [0.25, 0.3) is 0 Å². The smallest absolute Gasteiger partial charge is 0.00926 e. The van der Waals surface area contributed by atoms with E-state index < -0.39 is 0 Å². The number of hydrogen-bond donors (Lipinski definition) is 1. The molecule has 1 aliphatic rings. The highest BCUT2D eigenvalue weighted by molar-refractivity contribution is 4.82. The van der Waals surface area contributed by atoms with Crippen LogP contribution in [0.2, 0.25) is 0 Å². The molecular formula is C13H27N. The number of nitrogens with one attached hydrogen (secondary N) is 1. The van der Waals surface area contributed by atoms with Gasteiger partial charge in [0, 0.05) is 6.04 Å². The third-order valence-electron chi connectivity index (χ3n) is 4.11. The normalized spacial score (nSPS) is 35.6. The number of rotatable bonds is 4. The van der Waals surface area contributed by atoms with Crippen molar-refractivity contribution in [2.24, 2.45) is 17.8 Å². The van der Waals surface area contributed by atoms with Crippen LogP contribution < -0.4 is 5.32 Å². The third-order valence-corrected chi connectivity index (χ3v) is 4.11. The molecule has 1 rings (SSSR count). The van der Waals surface area contributed by atoms with Crippen molar-refractivity contribution >= 4 is 0 Å². The molecule has 0 aromatic carbocycles. The highest BCUT2D eigenvalue weighted by Gasteiger charge is 2.28. The fourth-order valence-electron chi connectivity index (χ4n) is 2.86. The van der Waals surface area contributed by atoms with Gasteiger partial charge in [0.2, 0.25) is 0 Å². The summed E-state index contributed by atoms with van der Waals surface area (Å²) in [6.07, 6.45) is 5.61. The Morgan fingerprint density at radius 3 is 2.36 bits per heavy atom. The molecule has 0 amide bonds. The van der Waals surface area contributed by atoms with Gasteiger partial charge in [0.05, 0.1) is 0 Å². The Balaban J connectivity index is 2.43. The maximum Gasteiger partial charge on any atom is 0.00926 e. The zero-order valence-corrected chi connectivity index (χ0v) is 10.3. The lowest BCUT2D eigenvalue weighted by molar-refractivity contribution is 0.169. The van der Waals surface area contributed by atoms with E-state index in [1.165, 1.54) is 25.7 Å². The minimum absolute atomic E-state index is 0.773. The molecule has 0 bridgehead atoms. The minimum atomic E-state index is 0.773. The molecule has 0 aliphatic heterocycles. The van der Waals surface area contributed by atoms with Gasteiger partial charge in [-0.15, -0.1) is 0 Å². The van der Waals surface area contributed by atoms with Crippen molar-refractivity contribution in [1.29, 1.82) is 0 Å². The summed E-state index contributed by atoms with van der Waals surface area (Å²) in [4.78, 5) is 0. The van der Waals surface area contributed by atoms with Gasteiger partial charge in [-0.05, 0) is 43.6 Å². The van der Waals surface area contributed by atoms with Crippen LogP contribution in [0.3, 0.4) is 0 Å². The summed E-state index contributed by atoms with van der Waals surface area (Å²) >= 11 is 0. The predicted octanol–water partition coefficient (Wildman–Crippen LogP) is 3.45. The summed E-state index contributed by atoms with van der Waals surface area (Å²) in [7, 11) is 0. The molecule has 14 heavy (non-hydrogen) atoms. The Kier molecular flexibility index (Phi) is 4.94. The molecule has 0 radical (unpaired) electrons.